The minimum atomic E-state index is -0.431. The fourth-order valence-electron chi connectivity index (χ4n) is 3.68. The number of fused-ring (bicyclic) bond motifs is 1. The lowest BCUT2D eigenvalue weighted by molar-refractivity contribution is -0.124. The molecule has 0 radical (unpaired) electrons. The van der Waals surface area contributed by atoms with Crippen molar-refractivity contribution in [3.05, 3.63) is 83.4 Å². The predicted molar refractivity (Wildman–Crippen MR) is 124 cm³/mol. The van der Waals surface area contributed by atoms with E-state index in [1.807, 2.05) is 84.4 Å². The molecule has 0 fully saturated rings. The molecule has 0 saturated carbocycles. The normalized spacial score (nSPS) is 12.0. The van der Waals surface area contributed by atoms with Gasteiger partial charge >= 0.3 is 0 Å². The maximum atomic E-state index is 13.1. The van der Waals surface area contributed by atoms with Crippen LogP contribution in [0.5, 0.6) is 5.75 Å². The van der Waals surface area contributed by atoms with Gasteiger partial charge < -0.3 is 10.1 Å². The molecule has 0 saturated heterocycles. The van der Waals surface area contributed by atoms with Gasteiger partial charge in [0.15, 0.2) is 0 Å². The van der Waals surface area contributed by atoms with Gasteiger partial charge in [-0.05, 0) is 42.3 Å². The van der Waals surface area contributed by atoms with Crippen molar-refractivity contribution in [2.24, 2.45) is 0 Å². The Balaban J connectivity index is 1.64. The first-order valence-electron chi connectivity index (χ1n) is 10.2. The summed E-state index contributed by atoms with van der Waals surface area (Å²) in [7, 11) is 1.63. The third kappa shape index (κ3) is 4.42. The second-order valence-corrected chi connectivity index (χ2v) is 7.75. The van der Waals surface area contributed by atoms with E-state index < -0.39 is 6.04 Å². The van der Waals surface area contributed by atoms with E-state index in [-0.39, 0.29) is 5.91 Å². The predicted octanol–water partition coefficient (Wildman–Crippen LogP) is 5.63. The monoisotopic (exact) mass is 433 g/mol. The number of nitrogens with zero attached hydrogens (tertiary/aromatic N) is 2. The molecule has 0 bridgehead atoms. The molecule has 1 amide bonds. The molecule has 158 valence electrons. The van der Waals surface area contributed by atoms with Gasteiger partial charge in [0.2, 0.25) is 5.91 Å². The molecule has 0 aliphatic heterocycles. The highest BCUT2D eigenvalue weighted by Crippen LogP contribution is 2.32. The van der Waals surface area contributed by atoms with Crippen LogP contribution in [0.4, 0.5) is 0 Å². The van der Waals surface area contributed by atoms with E-state index in [1.54, 1.807) is 7.11 Å². The van der Waals surface area contributed by atoms with Crippen molar-refractivity contribution in [2.75, 3.05) is 7.11 Å². The quantitative estimate of drug-likeness (QED) is 0.410. The maximum Gasteiger partial charge on any atom is 0.245 e. The molecule has 0 spiro atoms. The van der Waals surface area contributed by atoms with E-state index in [1.165, 1.54) is 0 Å². The summed E-state index contributed by atoms with van der Waals surface area (Å²) < 4.78 is 7.00. The standard InChI is InChI=1S/C25H24ClN3O2/c1-3-22(25(30)27-16-17-9-12-20(31-2)13-10-17)29-23-14-11-19(26)15-21(23)24(28-29)18-7-5-4-6-8-18/h4-15,22H,3,16H2,1-2H3,(H,27,30)/t22-/m0/s1. The maximum absolute atomic E-state index is 13.1. The number of halogens is 1. The molecule has 6 heteroatoms. The number of ether oxygens (including phenoxy) is 1. The van der Waals surface area contributed by atoms with Gasteiger partial charge in [-0.25, -0.2) is 0 Å². The molecule has 0 aliphatic rings. The van der Waals surface area contributed by atoms with Crippen molar-refractivity contribution < 1.29 is 9.53 Å². The van der Waals surface area contributed by atoms with Crippen molar-refractivity contribution in [3.8, 4) is 17.0 Å². The summed E-state index contributed by atoms with van der Waals surface area (Å²) in [5, 5.41) is 9.47. The van der Waals surface area contributed by atoms with Gasteiger partial charge in [-0.2, -0.15) is 5.10 Å². The minimum absolute atomic E-state index is 0.0720. The zero-order valence-electron chi connectivity index (χ0n) is 17.5. The van der Waals surface area contributed by atoms with Crippen molar-refractivity contribution >= 4 is 28.4 Å². The van der Waals surface area contributed by atoms with Crippen LogP contribution in [0.3, 0.4) is 0 Å². The lowest BCUT2D eigenvalue weighted by atomic mass is 10.1. The average Bonchev–Trinajstić information content (AvgIpc) is 3.17. The lowest BCUT2D eigenvalue weighted by Crippen LogP contribution is -2.32. The third-order valence-electron chi connectivity index (χ3n) is 5.33. The lowest BCUT2D eigenvalue weighted by Gasteiger charge is -2.17. The van der Waals surface area contributed by atoms with Crippen molar-refractivity contribution in [2.45, 2.75) is 25.9 Å². The number of aromatic nitrogens is 2. The summed E-state index contributed by atoms with van der Waals surface area (Å²) in [6, 6.07) is 22.8. The van der Waals surface area contributed by atoms with E-state index in [2.05, 4.69) is 5.32 Å². The van der Waals surface area contributed by atoms with Gasteiger partial charge in [-0.3, -0.25) is 9.48 Å². The van der Waals surface area contributed by atoms with Gasteiger partial charge in [0, 0.05) is 22.5 Å². The van der Waals surface area contributed by atoms with E-state index in [9.17, 15) is 4.79 Å². The molecule has 4 rings (SSSR count). The molecule has 31 heavy (non-hydrogen) atoms. The van der Waals surface area contributed by atoms with Crippen LogP contribution in [-0.4, -0.2) is 22.8 Å². The van der Waals surface area contributed by atoms with Crippen LogP contribution < -0.4 is 10.1 Å². The number of carbonyl (C=O) groups excluding carboxylic acids is 1. The first kappa shape index (κ1) is 20.9. The highest BCUT2D eigenvalue weighted by atomic mass is 35.5. The molecule has 4 aromatic rings. The summed E-state index contributed by atoms with van der Waals surface area (Å²) in [6.45, 7) is 2.43. The van der Waals surface area contributed by atoms with E-state index in [0.29, 0.717) is 18.0 Å². The topological polar surface area (TPSA) is 56.1 Å². The van der Waals surface area contributed by atoms with Crippen LogP contribution in [0.1, 0.15) is 24.9 Å². The number of carbonyl (C=O) groups is 1. The SMILES string of the molecule is CC[C@@H](C(=O)NCc1ccc(OC)cc1)n1nc(-c2ccccc2)c2cc(Cl)ccc21. The Morgan fingerprint density at radius 1 is 1.10 bits per heavy atom. The number of methoxy groups -OCH3 is 1. The highest BCUT2D eigenvalue weighted by molar-refractivity contribution is 6.31. The molecular weight excluding hydrogens is 410 g/mol. The van der Waals surface area contributed by atoms with E-state index in [4.69, 9.17) is 21.4 Å². The van der Waals surface area contributed by atoms with E-state index in [0.717, 1.165) is 33.5 Å². The zero-order valence-corrected chi connectivity index (χ0v) is 18.3. The van der Waals surface area contributed by atoms with Crippen molar-refractivity contribution in [1.29, 1.82) is 0 Å². The molecule has 0 aliphatic carbocycles. The number of nitrogens with one attached hydrogen (secondary N) is 1. The Morgan fingerprint density at radius 2 is 1.84 bits per heavy atom. The zero-order chi connectivity index (χ0) is 21.8. The fourth-order valence-corrected chi connectivity index (χ4v) is 3.85. The van der Waals surface area contributed by atoms with Gasteiger partial charge in [0.25, 0.3) is 0 Å². The Hall–Kier alpha value is -3.31. The highest BCUT2D eigenvalue weighted by Gasteiger charge is 2.23. The van der Waals surface area contributed by atoms with Gasteiger partial charge in [0.05, 0.1) is 12.6 Å². The first-order chi connectivity index (χ1) is 15.1. The van der Waals surface area contributed by atoms with Crippen LogP contribution in [0.2, 0.25) is 5.02 Å². The Bertz CT molecular complexity index is 1190. The largest absolute Gasteiger partial charge is 0.497 e. The summed E-state index contributed by atoms with van der Waals surface area (Å²) in [5.41, 5.74) is 3.70. The second-order valence-electron chi connectivity index (χ2n) is 7.31. The molecule has 1 heterocycles. The number of hydrogen-bond acceptors (Lipinski definition) is 3. The number of amides is 1. The minimum Gasteiger partial charge on any atom is -0.497 e. The second kappa shape index (κ2) is 9.23. The molecule has 1 aromatic heterocycles. The third-order valence-corrected chi connectivity index (χ3v) is 5.56. The summed E-state index contributed by atoms with van der Waals surface area (Å²) >= 11 is 6.28. The van der Waals surface area contributed by atoms with Gasteiger partial charge in [0.1, 0.15) is 17.5 Å². The average molecular weight is 434 g/mol. The molecular formula is C25H24ClN3O2. The van der Waals surface area contributed by atoms with Crippen LogP contribution in [0, 0.1) is 0 Å². The summed E-state index contributed by atoms with van der Waals surface area (Å²) in [4.78, 5) is 13.1. The number of benzene rings is 3. The Morgan fingerprint density at radius 3 is 2.52 bits per heavy atom. The molecule has 1 N–H and O–H groups in total. The molecule has 1 atom stereocenters. The Labute approximate surface area is 186 Å². The molecule has 0 unspecified atom stereocenters. The van der Waals surface area contributed by atoms with Crippen LogP contribution >= 0.6 is 11.6 Å². The first-order valence-corrected chi connectivity index (χ1v) is 10.6. The van der Waals surface area contributed by atoms with Crippen LogP contribution in [-0.2, 0) is 11.3 Å². The number of hydrogen-bond donors (Lipinski definition) is 1. The molecule has 5 nitrogen and oxygen atoms in total. The van der Waals surface area contributed by atoms with Crippen LogP contribution in [0.15, 0.2) is 72.8 Å². The van der Waals surface area contributed by atoms with Gasteiger partial charge in [-0.1, -0.05) is 61.0 Å². The summed E-state index contributed by atoms with van der Waals surface area (Å²) in [5.74, 6) is 0.717. The Kier molecular flexibility index (Phi) is 6.23. The molecule has 3 aromatic carbocycles. The smallest absolute Gasteiger partial charge is 0.245 e. The van der Waals surface area contributed by atoms with Crippen molar-refractivity contribution in [3.63, 3.8) is 0 Å². The summed E-state index contributed by atoms with van der Waals surface area (Å²) in [6.07, 6.45) is 0.613. The van der Waals surface area contributed by atoms with Crippen LogP contribution in [0.25, 0.3) is 22.2 Å². The van der Waals surface area contributed by atoms with Crippen molar-refractivity contribution in [1.82, 2.24) is 15.1 Å². The van der Waals surface area contributed by atoms with E-state index >= 15 is 0 Å². The fraction of sp³-hybridized carbons (Fsp3) is 0.200. The number of rotatable bonds is 7. The van der Waals surface area contributed by atoms with Gasteiger partial charge in [-0.15, -0.1) is 0 Å².